The molecule has 0 saturated heterocycles. The number of hydrogen-bond acceptors (Lipinski definition) is 6. The summed E-state index contributed by atoms with van der Waals surface area (Å²) in [5.74, 6) is 2.15. The van der Waals surface area contributed by atoms with Gasteiger partial charge in [-0.15, -0.1) is 0 Å². The van der Waals surface area contributed by atoms with E-state index in [1.54, 1.807) is 43.5 Å². The van der Waals surface area contributed by atoms with Gasteiger partial charge in [-0.1, -0.05) is 6.07 Å². The van der Waals surface area contributed by atoms with Crippen molar-refractivity contribution in [3.63, 3.8) is 0 Å². The van der Waals surface area contributed by atoms with Crippen LogP contribution in [0.3, 0.4) is 0 Å². The zero-order chi connectivity index (χ0) is 19.1. The Kier molecular flexibility index (Phi) is 6.49. The summed E-state index contributed by atoms with van der Waals surface area (Å²) in [6.07, 6.45) is 3.10. The molecule has 0 N–H and O–H groups in total. The van der Waals surface area contributed by atoms with Gasteiger partial charge < -0.3 is 23.7 Å². The quantitative estimate of drug-likeness (QED) is 0.530. The second kappa shape index (κ2) is 8.80. The molecule has 0 bridgehead atoms. The van der Waals surface area contributed by atoms with Gasteiger partial charge in [0.1, 0.15) is 0 Å². The van der Waals surface area contributed by atoms with E-state index in [0.29, 0.717) is 39.9 Å². The van der Waals surface area contributed by atoms with E-state index in [9.17, 15) is 4.79 Å². The number of benzene rings is 2. The van der Waals surface area contributed by atoms with Crippen LogP contribution in [0.2, 0.25) is 0 Å². The molecule has 0 aromatic heterocycles. The Morgan fingerprint density at radius 3 is 1.92 bits per heavy atom. The third-order valence-corrected chi connectivity index (χ3v) is 3.82. The van der Waals surface area contributed by atoms with Gasteiger partial charge in [-0.25, -0.2) is 0 Å². The summed E-state index contributed by atoms with van der Waals surface area (Å²) in [6.45, 7) is 0. The number of para-hydroxylation sites is 1. The van der Waals surface area contributed by atoms with E-state index in [-0.39, 0.29) is 5.78 Å². The van der Waals surface area contributed by atoms with E-state index in [1.165, 1.54) is 34.5 Å². The molecule has 0 radical (unpaired) electrons. The summed E-state index contributed by atoms with van der Waals surface area (Å²) < 4.78 is 26.6. The Labute approximate surface area is 152 Å². The molecular weight excluding hydrogens is 336 g/mol. The third-order valence-electron chi connectivity index (χ3n) is 3.82. The van der Waals surface area contributed by atoms with Gasteiger partial charge in [0, 0.05) is 5.56 Å². The molecule has 0 saturated carbocycles. The van der Waals surface area contributed by atoms with Gasteiger partial charge in [0.2, 0.25) is 5.75 Å². The van der Waals surface area contributed by atoms with E-state index in [0.717, 1.165) is 0 Å². The van der Waals surface area contributed by atoms with E-state index in [1.807, 2.05) is 0 Å². The lowest BCUT2D eigenvalue weighted by molar-refractivity contribution is 0.104. The minimum atomic E-state index is -0.224. The van der Waals surface area contributed by atoms with Gasteiger partial charge in [-0.05, 0) is 36.4 Å². The maximum atomic E-state index is 12.6. The molecular formula is C20H22O6. The SMILES string of the molecule is COc1cccc(C(=O)/C=C/c2ccc(OC)c(OC)c2OC)c1OC. The molecule has 26 heavy (non-hydrogen) atoms. The lowest BCUT2D eigenvalue weighted by atomic mass is 10.1. The molecule has 0 aliphatic carbocycles. The van der Waals surface area contributed by atoms with Crippen molar-refractivity contribution >= 4 is 11.9 Å². The molecule has 6 heteroatoms. The van der Waals surface area contributed by atoms with Crippen molar-refractivity contribution in [1.29, 1.82) is 0 Å². The largest absolute Gasteiger partial charge is 0.493 e. The number of carbonyl (C=O) groups excluding carboxylic acids is 1. The Balaban J connectivity index is 2.40. The molecule has 6 nitrogen and oxygen atoms in total. The summed E-state index contributed by atoms with van der Waals surface area (Å²) in [6, 6.07) is 8.68. The highest BCUT2D eigenvalue weighted by Gasteiger charge is 2.16. The summed E-state index contributed by atoms with van der Waals surface area (Å²) >= 11 is 0. The predicted octanol–water partition coefficient (Wildman–Crippen LogP) is 3.63. The molecule has 0 fully saturated rings. The second-order valence-electron chi connectivity index (χ2n) is 5.16. The smallest absolute Gasteiger partial charge is 0.203 e. The Morgan fingerprint density at radius 2 is 1.35 bits per heavy atom. The highest BCUT2D eigenvalue weighted by molar-refractivity contribution is 6.09. The summed E-state index contributed by atoms with van der Waals surface area (Å²) in [4.78, 5) is 12.6. The van der Waals surface area contributed by atoms with Crippen molar-refractivity contribution in [2.75, 3.05) is 35.5 Å². The maximum Gasteiger partial charge on any atom is 0.203 e. The standard InChI is InChI=1S/C20H22O6/c1-22-16-8-6-7-14(19(16)25-4)15(21)11-9-13-10-12-17(23-2)20(26-5)18(13)24-3/h6-12H,1-5H3/b11-9+. The molecule has 0 unspecified atom stereocenters. The highest BCUT2D eigenvalue weighted by atomic mass is 16.5. The number of hydrogen-bond donors (Lipinski definition) is 0. The molecule has 0 heterocycles. The number of ketones is 1. The molecule has 2 aromatic carbocycles. The van der Waals surface area contributed by atoms with Gasteiger partial charge in [0.05, 0.1) is 41.1 Å². The lowest BCUT2D eigenvalue weighted by Crippen LogP contribution is -2.01. The van der Waals surface area contributed by atoms with Crippen LogP contribution in [0.5, 0.6) is 28.7 Å². The molecule has 0 spiro atoms. The van der Waals surface area contributed by atoms with Crippen molar-refractivity contribution in [3.05, 3.63) is 47.5 Å². The maximum absolute atomic E-state index is 12.6. The van der Waals surface area contributed by atoms with Crippen LogP contribution in [-0.4, -0.2) is 41.3 Å². The average Bonchev–Trinajstić information content (AvgIpc) is 2.69. The van der Waals surface area contributed by atoms with Gasteiger partial charge in [0.15, 0.2) is 28.8 Å². The zero-order valence-corrected chi connectivity index (χ0v) is 15.5. The summed E-state index contributed by atoms with van der Waals surface area (Å²) in [5.41, 5.74) is 1.09. The monoisotopic (exact) mass is 358 g/mol. The lowest BCUT2D eigenvalue weighted by Gasteiger charge is -2.14. The van der Waals surface area contributed by atoms with E-state index < -0.39 is 0 Å². The fourth-order valence-corrected chi connectivity index (χ4v) is 2.59. The Morgan fingerprint density at radius 1 is 0.731 bits per heavy atom. The van der Waals surface area contributed by atoms with Crippen LogP contribution in [0, 0.1) is 0 Å². The number of ether oxygens (including phenoxy) is 5. The average molecular weight is 358 g/mol. The van der Waals surface area contributed by atoms with Gasteiger partial charge in [-0.2, -0.15) is 0 Å². The first-order valence-electron chi connectivity index (χ1n) is 7.83. The number of methoxy groups -OCH3 is 5. The van der Waals surface area contributed by atoms with Crippen molar-refractivity contribution < 1.29 is 28.5 Å². The Bertz CT molecular complexity index is 810. The fraction of sp³-hybridized carbons (Fsp3) is 0.250. The van der Waals surface area contributed by atoms with Gasteiger partial charge in [0.25, 0.3) is 0 Å². The molecule has 0 amide bonds. The van der Waals surface area contributed by atoms with E-state index in [2.05, 4.69) is 0 Å². The normalized spacial score (nSPS) is 10.5. The first-order valence-corrected chi connectivity index (χ1v) is 7.83. The minimum Gasteiger partial charge on any atom is -0.493 e. The van der Waals surface area contributed by atoms with E-state index >= 15 is 0 Å². The van der Waals surface area contributed by atoms with Gasteiger partial charge >= 0.3 is 0 Å². The summed E-state index contributed by atoms with van der Waals surface area (Å²) in [5, 5.41) is 0. The van der Waals surface area contributed by atoms with Crippen LogP contribution in [0.1, 0.15) is 15.9 Å². The number of rotatable bonds is 8. The third kappa shape index (κ3) is 3.74. The number of carbonyl (C=O) groups is 1. The van der Waals surface area contributed by atoms with Crippen LogP contribution in [0.4, 0.5) is 0 Å². The second-order valence-corrected chi connectivity index (χ2v) is 5.16. The van der Waals surface area contributed by atoms with Crippen LogP contribution in [-0.2, 0) is 0 Å². The first-order chi connectivity index (χ1) is 12.6. The molecule has 2 rings (SSSR count). The van der Waals surface area contributed by atoms with Crippen LogP contribution < -0.4 is 23.7 Å². The molecule has 2 aromatic rings. The first kappa shape index (κ1) is 19.2. The fourth-order valence-electron chi connectivity index (χ4n) is 2.59. The highest BCUT2D eigenvalue weighted by Crippen LogP contribution is 2.40. The zero-order valence-electron chi connectivity index (χ0n) is 15.5. The van der Waals surface area contributed by atoms with Crippen molar-refractivity contribution in [2.24, 2.45) is 0 Å². The Hall–Kier alpha value is -3.15. The number of allylic oxidation sites excluding steroid dienone is 1. The molecule has 0 atom stereocenters. The summed E-state index contributed by atoms with van der Waals surface area (Å²) in [7, 11) is 7.62. The van der Waals surface area contributed by atoms with Crippen molar-refractivity contribution in [2.45, 2.75) is 0 Å². The molecule has 0 aliphatic heterocycles. The van der Waals surface area contributed by atoms with E-state index in [4.69, 9.17) is 23.7 Å². The van der Waals surface area contributed by atoms with Crippen LogP contribution >= 0.6 is 0 Å². The minimum absolute atomic E-state index is 0.224. The molecule has 138 valence electrons. The van der Waals surface area contributed by atoms with Crippen molar-refractivity contribution in [3.8, 4) is 28.7 Å². The molecule has 0 aliphatic rings. The van der Waals surface area contributed by atoms with Crippen LogP contribution in [0.25, 0.3) is 6.08 Å². The van der Waals surface area contributed by atoms with Crippen molar-refractivity contribution in [1.82, 2.24) is 0 Å². The topological polar surface area (TPSA) is 63.2 Å². The van der Waals surface area contributed by atoms with Crippen LogP contribution in [0.15, 0.2) is 36.4 Å². The predicted molar refractivity (Wildman–Crippen MR) is 99.0 cm³/mol. The van der Waals surface area contributed by atoms with Gasteiger partial charge in [-0.3, -0.25) is 4.79 Å².